The van der Waals surface area contributed by atoms with Crippen molar-refractivity contribution in [1.82, 2.24) is 5.32 Å². The van der Waals surface area contributed by atoms with Crippen molar-refractivity contribution in [3.63, 3.8) is 0 Å². The summed E-state index contributed by atoms with van der Waals surface area (Å²) in [7, 11) is 0. The van der Waals surface area contributed by atoms with Gasteiger partial charge in [0.2, 0.25) is 0 Å². The van der Waals surface area contributed by atoms with Crippen LogP contribution < -0.4 is 10.6 Å². The molecule has 0 aliphatic carbocycles. The Morgan fingerprint density at radius 1 is 1.29 bits per heavy atom. The van der Waals surface area contributed by atoms with Gasteiger partial charge in [0.1, 0.15) is 11.6 Å². The number of nitrogens with one attached hydrogen (secondary N) is 2. The molecule has 0 saturated carbocycles. The van der Waals surface area contributed by atoms with Crippen LogP contribution in [0, 0.1) is 5.82 Å². The molecule has 0 aromatic heterocycles. The minimum atomic E-state index is -0.650. The Balaban J connectivity index is 2.10. The lowest BCUT2D eigenvalue weighted by molar-refractivity contribution is 0.0974. The van der Waals surface area contributed by atoms with Gasteiger partial charge in [-0.15, -0.1) is 0 Å². The number of hydrogen-bond acceptors (Lipinski definition) is 3. The Bertz CT molecular complexity index is 764. The van der Waals surface area contributed by atoms with Crippen molar-refractivity contribution < 1.29 is 14.3 Å². The molecule has 1 amide bonds. The van der Waals surface area contributed by atoms with Gasteiger partial charge in [0, 0.05) is 0 Å². The second-order valence-corrected chi connectivity index (χ2v) is 5.88. The summed E-state index contributed by atoms with van der Waals surface area (Å²) >= 11 is 5.08. The molecular formula is C18H19FN2O2S. The molecule has 0 bridgehead atoms. The number of phenolic OH excluding ortho intramolecular Hbond substituents is 1. The van der Waals surface area contributed by atoms with Gasteiger partial charge in [0.05, 0.1) is 11.3 Å². The first-order chi connectivity index (χ1) is 11.4. The number of rotatable bonds is 4. The first kappa shape index (κ1) is 17.9. The molecule has 6 heteroatoms. The summed E-state index contributed by atoms with van der Waals surface area (Å²) in [5.41, 5.74) is 1.34. The van der Waals surface area contributed by atoms with E-state index < -0.39 is 11.7 Å². The summed E-state index contributed by atoms with van der Waals surface area (Å²) in [6.45, 7) is 4.15. The van der Waals surface area contributed by atoms with Crippen molar-refractivity contribution in [2.45, 2.75) is 26.2 Å². The number of hydrogen-bond donors (Lipinski definition) is 3. The van der Waals surface area contributed by atoms with Crippen LogP contribution in [0.3, 0.4) is 0 Å². The first-order valence-corrected chi connectivity index (χ1v) is 8.03. The largest absolute Gasteiger partial charge is 0.506 e. The van der Waals surface area contributed by atoms with E-state index in [2.05, 4.69) is 24.5 Å². The summed E-state index contributed by atoms with van der Waals surface area (Å²) in [4.78, 5) is 12.0. The molecule has 24 heavy (non-hydrogen) atoms. The molecule has 0 radical (unpaired) electrons. The molecule has 0 unspecified atom stereocenters. The van der Waals surface area contributed by atoms with Gasteiger partial charge in [-0.05, 0) is 54.4 Å². The number of halogens is 1. The molecule has 1 atom stereocenters. The van der Waals surface area contributed by atoms with Gasteiger partial charge in [-0.25, -0.2) is 4.39 Å². The molecule has 0 aliphatic heterocycles. The van der Waals surface area contributed by atoms with Crippen LogP contribution in [0.25, 0.3) is 0 Å². The van der Waals surface area contributed by atoms with E-state index in [1.807, 2.05) is 6.07 Å². The number of phenols is 1. The smallest absolute Gasteiger partial charge is 0.260 e. The highest BCUT2D eigenvalue weighted by molar-refractivity contribution is 7.80. The molecule has 2 aromatic rings. The summed E-state index contributed by atoms with van der Waals surface area (Å²) in [6, 6.07) is 10.8. The third kappa shape index (κ3) is 4.29. The number of anilines is 1. The second kappa shape index (κ2) is 7.88. The zero-order valence-electron chi connectivity index (χ0n) is 13.5. The molecular weight excluding hydrogens is 327 g/mol. The quantitative estimate of drug-likeness (QED) is 0.574. The SMILES string of the molecule is CC[C@H](C)c1ccc(O)c(NC(=S)NC(=O)c2ccccc2F)c1. The van der Waals surface area contributed by atoms with E-state index in [-0.39, 0.29) is 16.4 Å². The van der Waals surface area contributed by atoms with E-state index in [0.29, 0.717) is 11.6 Å². The lowest BCUT2D eigenvalue weighted by Gasteiger charge is -2.15. The van der Waals surface area contributed by atoms with Crippen molar-refractivity contribution in [1.29, 1.82) is 0 Å². The fourth-order valence-corrected chi connectivity index (χ4v) is 2.37. The predicted octanol–water partition coefficient (Wildman–Crippen LogP) is 4.17. The summed E-state index contributed by atoms with van der Waals surface area (Å²) in [5.74, 6) is -0.931. The summed E-state index contributed by atoms with van der Waals surface area (Å²) in [6.07, 6.45) is 0.957. The molecule has 2 rings (SSSR count). The maximum Gasteiger partial charge on any atom is 0.260 e. The fourth-order valence-electron chi connectivity index (χ4n) is 2.17. The van der Waals surface area contributed by atoms with Crippen LogP contribution in [0.4, 0.5) is 10.1 Å². The molecule has 0 heterocycles. The van der Waals surface area contributed by atoms with Gasteiger partial charge in [0.25, 0.3) is 5.91 Å². The molecule has 0 spiro atoms. The van der Waals surface area contributed by atoms with Crippen molar-refractivity contribution >= 4 is 28.9 Å². The third-order valence-electron chi connectivity index (χ3n) is 3.80. The Labute approximate surface area is 145 Å². The molecule has 0 aliphatic rings. The topological polar surface area (TPSA) is 61.4 Å². The Hall–Kier alpha value is -2.47. The fraction of sp³-hybridized carbons (Fsp3) is 0.222. The monoisotopic (exact) mass is 346 g/mol. The van der Waals surface area contributed by atoms with Crippen molar-refractivity contribution in [2.75, 3.05) is 5.32 Å². The Morgan fingerprint density at radius 3 is 2.67 bits per heavy atom. The van der Waals surface area contributed by atoms with Gasteiger partial charge >= 0.3 is 0 Å². The van der Waals surface area contributed by atoms with Crippen LogP contribution in [0.1, 0.15) is 42.1 Å². The van der Waals surface area contributed by atoms with Gasteiger partial charge in [-0.3, -0.25) is 10.1 Å². The maximum atomic E-state index is 13.6. The van der Waals surface area contributed by atoms with Crippen LogP contribution in [0.2, 0.25) is 0 Å². The van der Waals surface area contributed by atoms with Gasteiger partial charge in [-0.1, -0.05) is 32.0 Å². The van der Waals surface area contributed by atoms with Crippen molar-refractivity contribution in [3.05, 3.63) is 59.4 Å². The number of carbonyl (C=O) groups excluding carboxylic acids is 1. The second-order valence-electron chi connectivity index (χ2n) is 5.47. The van der Waals surface area contributed by atoms with Crippen LogP contribution >= 0.6 is 12.2 Å². The average Bonchev–Trinajstić information content (AvgIpc) is 2.56. The number of amides is 1. The zero-order valence-corrected chi connectivity index (χ0v) is 14.3. The standard InChI is InChI=1S/C18H19FN2O2S/c1-3-11(2)12-8-9-16(22)15(10-12)20-18(24)21-17(23)13-6-4-5-7-14(13)19/h4-11,22H,3H2,1-2H3,(H2,20,21,23,24)/t11-/m0/s1. The third-order valence-corrected chi connectivity index (χ3v) is 4.00. The van der Waals surface area contributed by atoms with Crippen molar-refractivity contribution in [2.24, 2.45) is 0 Å². The number of thiocarbonyl (C=S) groups is 1. The molecule has 0 saturated heterocycles. The van der Waals surface area contributed by atoms with Gasteiger partial charge < -0.3 is 10.4 Å². The lowest BCUT2D eigenvalue weighted by Crippen LogP contribution is -2.34. The molecule has 126 valence electrons. The van der Waals surface area contributed by atoms with E-state index >= 15 is 0 Å². The number of carbonyl (C=O) groups is 1. The number of benzene rings is 2. The van der Waals surface area contributed by atoms with E-state index in [1.165, 1.54) is 18.2 Å². The molecule has 2 aromatic carbocycles. The van der Waals surface area contributed by atoms with Gasteiger partial charge in [0.15, 0.2) is 5.11 Å². The molecule has 0 fully saturated rings. The van der Waals surface area contributed by atoms with E-state index in [4.69, 9.17) is 12.2 Å². The normalized spacial score (nSPS) is 11.6. The van der Waals surface area contributed by atoms with E-state index in [1.54, 1.807) is 18.2 Å². The minimum Gasteiger partial charge on any atom is -0.506 e. The van der Waals surface area contributed by atoms with Crippen LogP contribution in [-0.2, 0) is 0 Å². The van der Waals surface area contributed by atoms with Crippen LogP contribution in [0.5, 0.6) is 5.75 Å². The van der Waals surface area contributed by atoms with Crippen molar-refractivity contribution in [3.8, 4) is 5.75 Å². The Kier molecular flexibility index (Phi) is 5.87. The van der Waals surface area contributed by atoms with Crippen LogP contribution in [0.15, 0.2) is 42.5 Å². The van der Waals surface area contributed by atoms with Crippen LogP contribution in [-0.4, -0.2) is 16.1 Å². The highest BCUT2D eigenvalue weighted by atomic mass is 32.1. The van der Waals surface area contributed by atoms with Gasteiger partial charge in [-0.2, -0.15) is 0 Å². The highest BCUT2D eigenvalue weighted by Crippen LogP contribution is 2.29. The number of aromatic hydroxyl groups is 1. The molecule has 4 nitrogen and oxygen atoms in total. The highest BCUT2D eigenvalue weighted by Gasteiger charge is 2.14. The first-order valence-electron chi connectivity index (χ1n) is 7.62. The minimum absolute atomic E-state index is 0.0140. The summed E-state index contributed by atoms with van der Waals surface area (Å²) in [5, 5.41) is 15.1. The zero-order chi connectivity index (χ0) is 17.7. The maximum absolute atomic E-state index is 13.6. The predicted molar refractivity (Wildman–Crippen MR) is 96.9 cm³/mol. The summed E-state index contributed by atoms with van der Waals surface area (Å²) < 4.78 is 13.6. The van der Waals surface area contributed by atoms with E-state index in [9.17, 15) is 14.3 Å². The van der Waals surface area contributed by atoms with E-state index in [0.717, 1.165) is 12.0 Å². The lowest BCUT2D eigenvalue weighted by atomic mass is 9.98. The Morgan fingerprint density at radius 2 is 2.00 bits per heavy atom. The molecule has 3 N–H and O–H groups in total. The average molecular weight is 346 g/mol.